The van der Waals surface area contributed by atoms with E-state index in [2.05, 4.69) is 16.0 Å². The van der Waals surface area contributed by atoms with Gasteiger partial charge in [-0.1, -0.05) is 87.6 Å². The number of aryl methyl sites for hydroxylation is 1. The molecule has 0 bridgehead atoms. The van der Waals surface area contributed by atoms with Crippen LogP contribution in [0.25, 0.3) is 0 Å². The Bertz CT molecular complexity index is 1120. The number of amides is 2. The highest BCUT2D eigenvalue weighted by atomic mass is 35.5. The van der Waals surface area contributed by atoms with Crippen LogP contribution in [-0.2, 0) is 11.3 Å². The molecule has 2 aromatic carbocycles. The van der Waals surface area contributed by atoms with Crippen molar-refractivity contribution in [1.82, 2.24) is 10.6 Å². The highest BCUT2D eigenvalue weighted by Gasteiger charge is 2.22. The SMILES string of the molecule is Cc1ccc(NC(=S)c2c(Cl)ccc(CNC(=O)C(C)(C)C)c2Cl)cc1C(=O)NC1CCCCC1. The molecule has 5 nitrogen and oxygen atoms in total. The Kier molecular flexibility index (Phi) is 9.19. The van der Waals surface area contributed by atoms with E-state index in [1.807, 2.05) is 39.8 Å². The van der Waals surface area contributed by atoms with Gasteiger partial charge in [0.25, 0.3) is 5.91 Å². The third-order valence-corrected chi connectivity index (χ3v) is 7.25. The van der Waals surface area contributed by atoms with Crippen molar-refractivity contribution in [2.24, 2.45) is 5.41 Å². The van der Waals surface area contributed by atoms with Gasteiger partial charge >= 0.3 is 0 Å². The fraction of sp³-hybridized carbons (Fsp3) is 0.444. The lowest BCUT2D eigenvalue weighted by Gasteiger charge is -2.23. The van der Waals surface area contributed by atoms with Crippen LogP contribution < -0.4 is 16.0 Å². The molecule has 3 rings (SSSR count). The number of rotatable bonds is 6. The largest absolute Gasteiger partial charge is 0.352 e. The first-order chi connectivity index (χ1) is 16.5. The zero-order valence-corrected chi connectivity index (χ0v) is 23.0. The van der Waals surface area contributed by atoms with Gasteiger partial charge in [-0.15, -0.1) is 0 Å². The fourth-order valence-electron chi connectivity index (χ4n) is 4.03. The number of carbonyl (C=O) groups excluding carboxylic acids is 2. The fourth-order valence-corrected chi connectivity index (χ4v) is 5.10. The molecule has 0 atom stereocenters. The Hall–Kier alpha value is -2.15. The maximum absolute atomic E-state index is 12.9. The van der Waals surface area contributed by atoms with Gasteiger partial charge in [-0.05, 0) is 49.1 Å². The molecular weight excluding hydrogens is 501 g/mol. The smallest absolute Gasteiger partial charge is 0.251 e. The van der Waals surface area contributed by atoms with Crippen LogP contribution in [0.15, 0.2) is 30.3 Å². The van der Waals surface area contributed by atoms with E-state index in [1.165, 1.54) is 6.42 Å². The van der Waals surface area contributed by atoms with Gasteiger partial charge < -0.3 is 16.0 Å². The molecule has 2 amide bonds. The lowest BCUT2D eigenvalue weighted by atomic mass is 9.95. The van der Waals surface area contributed by atoms with Crippen LogP contribution in [-0.4, -0.2) is 22.8 Å². The Labute approximate surface area is 223 Å². The standard InChI is InChI=1S/C27H33Cl2N3O2S/c1-16-10-12-19(14-20(16)24(33)31-18-8-6-5-7-9-18)32-25(35)22-21(28)13-11-17(23(22)29)15-30-26(34)27(2,3)4/h10-14,18H,5-9,15H2,1-4H3,(H,30,34)(H,31,33)(H,32,35). The number of halogens is 2. The van der Waals surface area contributed by atoms with E-state index in [4.69, 9.17) is 35.4 Å². The van der Waals surface area contributed by atoms with Crippen LogP contribution >= 0.6 is 35.4 Å². The molecule has 0 saturated heterocycles. The van der Waals surface area contributed by atoms with Crippen molar-refractivity contribution in [3.8, 4) is 0 Å². The van der Waals surface area contributed by atoms with Crippen LogP contribution in [0.2, 0.25) is 10.0 Å². The monoisotopic (exact) mass is 533 g/mol. The van der Waals surface area contributed by atoms with Crippen molar-refractivity contribution in [2.75, 3.05) is 5.32 Å². The third-order valence-electron chi connectivity index (χ3n) is 6.20. The van der Waals surface area contributed by atoms with Crippen LogP contribution in [0.4, 0.5) is 5.69 Å². The lowest BCUT2D eigenvalue weighted by Crippen LogP contribution is -2.36. The molecule has 3 N–H and O–H groups in total. The zero-order chi connectivity index (χ0) is 25.8. The number of anilines is 1. The summed E-state index contributed by atoms with van der Waals surface area (Å²) in [6, 6.07) is 9.28. The van der Waals surface area contributed by atoms with E-state index < -0.39 is 5.41 Å². The van der Waals surface area contributed by atoms with Crippen LogP contribution in [0, 0.1) is 12.3 Å². The van der Waals surface area contributed by atoms with Crippen LogP contribution in [0.1, 0.15) is 79.9 Å². The quantitative estimate of drug-likeness (QED) is 0.356. The summed E-state index contributed by atoms with van der Waals surface area (Å²) in [4.78, 5) is 25.5. The van der Waals surface area contributed by atoms with Crippen LogP contribution in [0.3, 0.4) is 0 Å². The Morgan fingerprint density at radius 1 is 1.06 bits per heavy atom. The minimum atomic E-state index is -0.509. The number of nitrogens with one attached hydrogen (secondary N) is 3. The Balaban J connectivity index is 1.76. The zero-order valence-electron chi connectivity index (χ0n) is 20.7. The van der Waals surface area contributed by atoms with Crippen molar-refractivity contribution < 1.29 is 9.59 Å². The third kappa shape index (κ3) is 7.18. The minimum absolute atomic E-state index is 0.0726. The number of hydrogen-bond acceptors (Lipinski definition) is 3. The first-order valence-corrected chi connectivity index (χ1v) is 13.1. The summed E-state index contributed by atoms with van der Waals surface area (Å²) in [7, 11) is 0. The summed E-state index contributed by atoms with van der Waals surface area (Å²) >= 11 is 18.7. The number of thiocarbonyl (C=S) groups is 1. The van der Waals surface area contributed by atoms with Crippen molar-refractivity contribution in [2.45, 2.75) is 72.4 Å². The molecule has 0 heterocycles. The summed E-state index contributed by atoms with van der Waals surface area (Å²) in [5, 5.41) is 10.0. The molecule has 0 radical (unpaired) electrons. The molecule has 1 fully saturated rings. The van der Waals surface area contributed by atoms with Gasteiger partial charge in [-0.3, -0.25) is 9.59 Å². The number of benzene rings is 2. The molecule has 1 saturated carbocycles. The van der Waals surface area contributed by atoms with E-state index in [0.29, 0.717) is 37.4 Å². The van der Waals surface area contributed by atoms with Crippen molar-refractivity contribution in [1.29, 1.82) is 0 Å². The highest BCUT2D eigenvalue weighted by molar-refractivity contribution is 7.81. The molecule has 0 unspecified atom stereocenters. The van der Waals surface area contributed by atoms with Gasteiger partial charge in [0.05, 0.1) is 10.0 Å². The normalized spacial score (nSPS) is 14.3. The van der Waals surface area contributed by atoms with E-state index in [-0.39, 0.29) is 24.4 Å². The van der Waals surface area contributed by atoms with Crippen molar-refractivity contribution in [3.05, 3.63) is 62.6 Å². The first-order valence-electron chi connectivity index (χ1n) is 12.0. The summed E-state index contributed by atoms with van der Waals surface area (Å²) < 4.78 is 0. The topological polar surface area (TPSA) is 70.2 Å². The predicted octanol–water partition coefficient (Wildman–Crippen LogP) is 6.81. The maximum atomic E-state index is 12.9. The molecule has 1 aliphatic carbocycles. The number of hydrogen-bond donors (Lipinski definition) is 3. The summed E-state index contributed by atoms with van der Waals surface area (Å²) in [5.74, 6) is -0.152. The molecule has 8 heteroatoms. The van der Waals surface area contributed by atoms with Crippen molar-refractivity contribution >= 4 is 57.9 Å². The van der Waals surface area contributed by atoms with Crippen LogP contribution in [0.5, 0.6) is 0 Å². The lowest BCUT2D eigenvalue weighted by molar-refractivity contribution is -0.128. The number of carbonyl (C=O) groups is 2. The molecule has 2 aromatic rings. The van der Waals surface area contributed by atoms with E-state index in [0.717, 1.165) is 31.2 Å². The molecule has 0 aromatic heterocycles. The molecule has 1 aliphatic rings. The second-order valence-electron chi connectivity index (χ2n) is 10.1. The molecular formula is C27H33Cl2N3O2S. The van der Waals surface area contributed by atoms with Gasteiger partial charge in [-0.2, -0.15) is 0 Å². The average molecular weight is 535 g/mol. The predicted molar refractivity (Wildman–Crippen MR) is 149 cm³/mol. The Morgan fingerprint density at radius 3 is 2.40 bits per heavy atom. The second-order valence-corrected chi connectivity index (χ2v) is 11.3. The molecule has 35 heavy (non-hydrogen) atoms. The van der Waals surface area contributed by atoms with Gasteiger partial charge in [-0.25, -0.2) is 0 Å². The molecule has 188 valence electrons. The van der Waals surface area contributed by atoms with Crippen molar-refractivity contribution in [3.63, 3.8) is 0 Å². The first kappa shape index (κ1) is 27.4. The highest BCUT2D eigenvalue weighted by Crippen LogP contribution is 2.30. The second kappa shape index (κ2) is 11.7. The summed E-state index contributed by atoms with van der Waals surface area (Å²) in [6.45, 7) is 7.73. The van der Waals surface area contributed by atoms with Gasteiger partial charge in [0.15, 0.2) is 0 Å². The summed E-state index contributed by atoms with van der Waals surface area (Å²) in [5.41, 5.74) is 2.86. The van der Waals surface area contributed by atoms with E-state index >= 15 is 0 Å². The summed E-state index contributed by atoms with van der Waals surface area (Å²) in [6.07, 6.45) is 5.59. The Morgan fingerprint density at radius 2 is 1.74 bits per heavy atom. The van der Waals surface area contributed by atoms with E-state index in [9.17, 15) is 9.59 Å². The van der Waals surface area contributed by atoms with Gasteiger partial charge in [0, 0.05) is 34.8 Å². The van der Waals surface area contributed by atoms with Gasteiger partial charge in [0.2, 0.25) is 5.91 Å². The van der Waals surface area contributed by atoms with E-state index in [1.54, 1.807) is 18.2 Å². The molecule has 0 aliphatic heterocycles. The molecule has 0 spiro atoms. The van der Waals surface area contributed by atoms with Gasteiger partial charge in [0.1, 0.15) is 4.99 Å². The average Bonchev–Trinajstić information content (AvgIpc) is 2.79. The minimum Gasteiger partial charge on any atom is -0.352 e. The maximum Gasteiger partial charge on any atom is 0.251 e.